The first-order valence-electron chi connectivity index (χ1n) is 5.64. The molecule has 1 aliphatic carbocycles. The Hall–Kier alpha value is -0.930. The number of nitrogens with two attached hydrogens (primary N) is 1. The molecule has 1 saturated carbocycles. The summed E-state index contributed by atoms with van der Waals surface area (Å²) in [6.07, 6.45) is 5.42. The molecule has 1 heterocycles. The van der Waals surface area contributed by atoms with E-state index in [0.717, 1.165) is 25.1 Å². The van der Waals surface area contributed by atoms with E-state index in [1.54, 1.807) is 0 Å². The van der Waals surface area contributed by atoms with Gasteiger partial charge >= 0.3 is 0 Å². The summed E-state index contributed by atoms with van der Waals surface area (Å²) in [6.45, 7) is 2.91. The van der Waals surface area contributed by atoms with E-state index in [-0.39, 0.29) is 0 Å². The second-order valence-corrected chi connectivity index (χ2v) is 4.46. The van der Waals surface area contributed by atoms with Crippen LogP contribution in [0.3, 0.4) is 0 Å². The standard InChI is InChI=1S/C12H19N3/c1-9-2-3-10(7-14-9)8-15-12-5-4-11(13)6-12/h2-3,7,11-12,15H,4-6,8,13H2,1H3. The van der Waals surface area contributed by atoms with Gasteiger partial charge in [-0.15, -0.1) is 0 Å². The molecule has 1 aromatic rings. The summed E-state index contributed by atoms with van der Waals surface area (Å²) in [5, 5.41) is 3.53. The molecule has 0 saturated heterocycles. The van der Waals surface area contributed by atoms with Crippen molar-refractivity contribution in [3.8, 4) is 0 Å². The molecule has 2 unspecified atom stereocenters. The molecule has 1 aromatic heterocycles. The average molecular weight is 205 g/mol. The van der Waals surface area contributed by atoms with Crippen molar-refractivity contribution in [2.45, 2.75) is 44.8 Å². The van der Waals surface area contributed by atoms with Crippen LogP contribution in [-0.4, -0.2) is 17.1 Å². The van der Waals surface area contributed by atoms with Crippen LogP contribution in [0.2, 0.25) is 0 Å². The third-order valence-electron chi connectivity index (χ3n) is 3.04. The van der Waals surface area contributed by atoms with Gasteiger partial charge in [-0.2, -0.15) is 0 Å². The van der Waals surface area contributed by atoms with Crippen molar-refractivity contribution >= 4 is 0 Å². The molecule has 0 spiro atoms. The molecule has 2 rings (SSSR count). The molecule has 2 atom stereocenters. The van der Waals surface area contributed by atoms with Gasteiger partial charge in [-0.3, -0.25) is 4.98 Å². The van der Waals surface area contributed by atoms with Gasteiger partial charge in [-0.25, -0.2) is 0 Å². The van der Waals surface area contributed by atoms with E-state index < -0.39 is 0 Å². The molecule has 82 valence electrons. The maximum absolute atomic E-state index is 5.86. The smallest absolute Gasteiger partial charge is 0.0372 e. The lowest BCUT2D eigenvalue weighted by molar-refractivity contribution is 0.516. The second kappa shape index (κ2) is 4.73. The fraction of sp³-hybridized carbons (Fsp3) is 0.583. The zero-order valence-electron chi connectivity index (χ0n) is 9.24. The third-order valence-corrected chi connectivity index (χ3v) is 3.04. The largest absolute Gasteiger partial charge is 0.328 e. The highest BCUT2D eigenvalue weighted by Crippen LogP contribution is 2.17. The van der Waals surface area contributed by atoms with E-state index >= 15 is 0 Å². The molecule has 0 aromatic carbocycles. The average Bonchev–Trinajstić information content (AvgIpc) is 2.64. The minimum Gasteiger partial charge on any atom is -0.328 e. The lowest BCUT2D eigenvalue weighted by Gasteiger charge is -2.11. The number of pyridine rings is 1. The quantitative estimate of drug-likeness (QED) is 0.783. The Morgan fingerprint density at radius 2 is 2.33 bits per heavy atom. The molecule has 0 bridgehead atoms. The van der Waals surface area contributed by atoms with Gasteiger partial charge in [-0.1, -0.05) is 6.07 Å². The van der Waals surface area contributed by atoms with Crippen molar-refractivity contribution in [2.75, 3.05) is 0 Å². The fourth-order valence-electron chi connectivity index (χ4n) is 2.07. The molecule has 0 radical (unpaired) electrons. The van der Waals surface area contributed by atoms with E-state index in [1.165, 1.54) is 12.0 Å². The van der Waals surface area contributed by atoms with Gasteiger partial charge in [-0.05, 0) is 37.8 Å². The second-order valence-electron chi connectivity index (χ2n) is 4.46. The molecule has 1 fully saturated rings. The zero-order valence-corrected chi connectivity index (χ0v) is 9.24. The van der Waals surface area contributed by atoms with Gasteiger partial charge in [0.15, 0.2) is 0 Å². The number of nitrogens with one attached hydrogen (secondary N) is 1. The van der Waals surface area contributed by atoms with Gasteiger partial charge < -0.3 is 11.1 Å². The minimum absolute atomic E-state index is 0.402. The first-order valence-corrected chi connectivity index (χ1v) is 5.64. The van der Waals surface area contributed by atoms with Gasteiger partial charge in [0.1, 0.15) is 0 Å². The molecule has 15 heavy (non-hydrogen) atoms. The number of nitrogens with zero attached hydrogens (tertiary/aromatic N) is 1. The van der Waals surface area contributed by atoms with E-state index in [4.69, 9.17) is 5.73 Å². The van der Waals surface area contributed by atoms with Crippen LogP contribution in [0.25, 0.3) is 0 Å². The number of hydrogen-bond acceptors (Lipinski definition) is 3. The van der Waals surface area contributed by atoms with Crippen molar-refractivity contribution < 1.29 is 0 Å². The van der Waals surface area contributed by atoms with E-state index in [1.807, 2.05) is 13.1 Å². The maximum atomic E-state index is 5.86. The van der Waals surface area contributed by atoms with E-state index in [0.29, 0.717) is 12.1 Å². The summed E-state index contributed by atoms with van der Waals surface area (Å²) >= 11 is 0. The SMILES string of the molecule is Cc1ccc(CNC2CCC(N)C2)cn1. The number of hydrogen-bond donors (Lipinski definition) is 2. The van der Waals surface area contributed by atoms with Crippen LogP contribution in [0, 0.1) is 6.92 Å². The van der Waals surface area contributed by atoms with Crippen molar-refractivity contribution in [1.29, 1.82) is 0 Å². The fourth-order valence-corrected chi connectivity index (χ4v) is 2.07. The Labute approximate surface area is 91.1 Å². The monoisotopic (exact) mass is 205 g/mol. The van der Waals surface area contributed by atoms with Crippen molar-refractivity contribution in [2.24, 2.45) is 5.73 Å². The van der Waals surface area contributed by atoms with Gasteiger partial charge in [0, 0.05) is 30.5 Å². The van der Waals surface area contributed by atoms with E-state index in [9.17, 15) is 0 Å². The van der Waals surface area contributed by atoms with Crippen LogP contribution >= 0.6 is 0 Å². The molecule has 1 aliphatic rings. The summed E-state index contributed by atoms with van der Waals surface area (Å²) < 4.78 is 0. The first kappa shape index (κ1) is 10.6. The highest BCUT2D eigenvalue weighted by molar-refractivity contribution is 5.12. The molecular formula is C12H19N3. The number of rotatable bonds is 3. The first-order chi connectivity index (χ1) is 7.24. The number of aryl methyl sites for hydroxylation is 1. The summed E-state index contributed by atoms with van der Waals surface area (Å²) in [5.74, 6) is 0. The normalized spacial score (nSPS) is 25.7. The van der Waals surface area contributed by atoms with Crippen LogP contribution in [0.1, 0.15) is 30.5 Å². The Morgan fingerprint density at radius 3 is 2.93 bits per heavy atom. The summed E-state index contributed by atoms with van der Waals surface area (Å²) in [6, 6.07) is 5.18. The summed E-state index contributed by atoms with van der Waals surface area (Å²) in [4.78, 5) is 4.27. The van der Waals surface area contributed by atoms with Crippen molar-refractivity contribution in [3.63, 3.8) is 0 Å². The van der Waals surface area contributed by atoms with Crippen LogP contribution in [0.4, 0.5) is 0 Å². The number of aromatic nitrogens is 1. The summed E-state index contributed by atoms with van der Waals surface area (Å²) in [7, 11) is 0. The lowest BCUT2D eigenvalue weighted by atomic mass is 10.2. The Morgan fingerprint density at radius 1 is 1.47 bits per heavy atom. The molecule has 3 nitrogen and oxygen atoms in total. The lowest BCUT2D eigenvalue weighted by Crippen LogP contribution is -2.27. The predicted molar refractivity (Wildman–Crippen MR) is 61.4 cm³/mol. The molecular weight excluding hydrogens is 186 g/mol. The zero-order chi connectivity index (χ0) is 10.7. The third kappa shape index (κ3) is 3.01. The molecule has 3 heteroatoms. The topological polar surface area (TPSA) is 50.9 Å². The minimum atomic E-state index is 0.402. The van der Waals surface area contributed by atoms with Crippen molar-refractivity contribution in [3.05, 3.63) is 29.6 Å². The highest BCUT2D eigenvalue weighted by Gasteiger charge is 2.20. The Bertz CT molecular complexity index is 307. The molecule has 0 aliphatic heterocycles. The van der Waals surface area contributed by atoms with Crippen LogP contribution in [0.15, 0.2) is 18.3 Å². The maximum Gasteiger partial charge on any atom is 0.0372 e. The van der Waals surface area contributed by atoms with Gasteiger partial charge in [0.2, 0.25) is 0 Å². The predicted octanol–water partition coefficient (Wildman–Crippen LogP) is 1.36. The van der Waals surface area contributed by atoms with Crippen LogP contribution < -0.4 is 11.1 Å². The van der Waals surface area contributed by atoms with Crippen LogP contribution in [0.5, 0.6) is 0 Å². The molecule has 3 N–H and O–H groups in total. The highest BCUT2D eigenvalue weighted by atomic mass is 14.9. The Balaban J connectivity index is 1.80. The van der Waals surface area contributed by atoms with E-state index in [2.05, 4.69) is 22.4 Å². The summed E-state index contributed by atoms with van der Waals surface area (Å²) in [5.41, 5.74) is 8.18. The van der Waals surface area contributed by atoms with Crippen molar-refractivity contribution in [1.82, 2.24) is 10.3 Å². The van der Waals surface area contributed by atoms with Gasteiger partial charge in [0.25, 0.3) is 0 Å². The Kier molecular flexibility index (Phi) is 3.34. The van der Waals surface area contributed by atoms with Crippen LogP contribution in [-0.2, 0) is 6.54 Å². The van der Waals surface area contributed by atoms with Gasteiger partial charge in [0.05, 0.1) is 0 Å². The molecule has 0 amide bonds.